The highest BCUT2D eigenvalue weighted by atomic mass is 32.2. The number of hydrogen-bond acceptors (Lipinski definition) is 4. The Morgan fingerprint density at radius 3 is 3.11 bits per heavy atom. The number of thiophene rings is 1. The number of thioether (sulfide) groups is 1. The first kappa shape index (κ1) is 11.6. The van der Waals surface area contributed by atoms with Gasteiger partial charge in [0.1, 0.15) is 5.75 Å². The van der Waals surface area contributed by atoms with Crippen LogP contribution in [0.4, 0.5) is 5.00 Å². The predicted octanol–water partition coefficient (Wildman–Crippen LogP) is 3.60. The van der Waals surface area contributed by atoms with Crippen molar-refractivity contribution in [2.45, 2.75) is 10.6 Å². The average molecular weight is 277 g/mol. The van der Waals surface area contributed by atoms with Gasteiger partial charge in [-0.05, 0) is 17.7 Å². The molecule has 0 unspecified atom stereocenters. The van der Waals surface area contributed by atoms with Gasteiger partial charge in [-0.2, -0.15) is 0 Å². The van der Waals surface area contributed by atoms with Gasteiger partial charge in [-0.3, -0.25) is 4.79 Å². The third kappa shape index (κ3) is 1.79. The molecule has 0 aliphatic carbocycles. The van der Waals surface area contributed by atoms with Crippen LogP contribution in [0.25, 0.3) is 10.4 Å². The second-order valence-corrected chi connectivity index (χ2v) is 5.89. The third-order valence-corrected chi connectivity index (χ3v) is 5.13. The van der Waals surface area contributed by atoms with Crippen molar-refractivity contribution in [2.24, 2.45) is 0 Å². The van der Waals surface area contributed by atoms with Crippen molar-refractivity contribution in [3.63, 3.8) is 0 Å². The Kier molecular flexibility index (Phi) is 3.01. The minimum Gasteiger partial charge on any atom is -0.496 e. The zero-order valence-electron chi connectivity index (χ0n) is 9.73. The van der Waals surface area contributed by atoms with Crippen LogP contribution < -0.4 is 10.1 Å². The molecule has 1 aliphatic rings. The SMILES string of the molecule is COc1cccc2c1SCc1cc(NC=O)sc1-2. The Morgan fingerprint density at radius 2 is 2.33 bits per heavy atom. The predicted molar refractivity (Wildman–Crippen MR) is 75.6 cm³/mol. The van der Waals surface area contributed by atoms with E-state index in [0.29, 0.717) is 0 Å². The van der Waals surface area contributed by atoms with Crippen LogP contribution in [-0.4, -0.2) is 13.5 Å². The molecule has 0 spiro atoms. The van der Waals surface area contributed by atoms with E-state index < -0.39 is 0 Å². The van der Waals surface area contributed by atoms with Crippen LogP contribution in [0.1, 0.15) is 5.56 Å². The fourth-order valence-corrected chi connectivity index (χ4v) is 4.42. The van der Waals surface area contributed by atoms with Gasteiger partial charge in [0.25, 0.3) is 0 Å². The van der Waals surface area contributed by atoms with Crippen molar-refractivity contribution < 1.29 is 9.53 Å². The first-order valence-corrected chi connectivity index (χ1v) is 7.26. The molecule has 2 aromatic rings. The summed E-state index contributed by atoms with van der Waals surface area (Å²) in [5, 5.41) is 3.62. The molecule has 3 rings (SSSR count). The number of nitrogens with one attached hydrogen (secondary N) is 1. The maximum absolute atomic E-state index is 10.5. The van der Waals surface area contributed by atoms with Gasteiger partial charge in [-0.1, -0.05) is 12.1 Å². The number of anilines is 1. The van der Waals surface area contributed by atoms with Crippen LogP contribution in [0.3, 0.4) is 0 Å². The highest BCUT2D eigenvalue weighted by Crippen LogP contribution is 2.49. The monoisotopic (exact) mass is 277 g/mol. The molecule has 1 aliphatic heterocycles. The molecular formula is C13H11NO2S2. The Hall–Kier alpha value is -1.46. The van der Waals surface area contributed by atoms with Crippen molar-refractivity contribution in [1.82, 2.24) is 0 Å². The smallest absolute Gasteiger partial charge is 0.212 e. The summed E-state index contributed by atoms with van der Waals surface area (Å²) in [6, 6.07) is 8.13. The molecule has 92 valence electrons. The van der Waals surface area contributed by atoms with Crippen molar-refractivity contribution >= 4 is 34.5 Å². The van der Waals surface area contributed by atoms with E-state index in [4.69, 9.17) is 4.74 Å². The summed E-state index contributed by atoms with van der Waals surface area (Å²) in [4.78, 5) is 12.9. The van der Waals surface area contributed by atoms with E-state index in [9.17, 15) is 4.79 Å². The summed E-state index contributed by atoms with van der Waals surface area (Å²) in [5.41, 5.74) is 2.47. The van der Waals surface area contributed by atoms with E-state index >= 15 is 0 Å². The third-order valence-electron chi connectivity index (χ3n) is 2.83. The van der Waals surface area contributed by atoms with Gasteiger partial charge in [0.05, 0.1) is 17.0 Å². The highest BCUT2D eigenvalue weighted by Gasteiger charge is 2.22. The van der Waals surface area contributed by atoms with Crippen LogP contribution in [-0.2, 0) is 10.5 Å². The van der Waals surface area contributed by atoms with Crippen LogP contribution >= 0.6 is 23.1 Å². The van der Waals surface area contributed by atoms with E-state index in [0.717, 1.165) is 22.9 Å². The number of methoxy groups -OCH3 is 1. The topological polar surface area (TPSA) is 38.3 Å². The van der Waals surface area contributed by atoms with Gasteiger partial charge in [-0.25, -0.2) is 0 Å². The molecule has 0 atom stereocenters. The van der Waals surface area contributed by atoms with Crippen molar-refractivity contribution in [3.8, 4) is 16.2 Å². The summed E-state index contributed by atoms with van der Waals surface area (Å²) in [6.45, 7) is 0. The Morgan fingerprint density at radius 1 is 1.44 bits per heavy atom. The molecule has 2 heterocycles. The van der Waals surface area contributed by atoms with Gasteiger partial charge in [0.2, 0.25) is 6.41 Å². The molecule has 1 aromatic carbocycles. The van der Waals surface area contributed by atoms with Crippen molar-refractivity contribution in [2.75, 3.05) is 12.4 Å². The van der Waals surface area contributed by atoms with E-state index in [-0.39, 0.29) is 0 Å². The average Bonchev–Trinajstić information content (AvgIpc) is 2.81. The second-order valence-electron chi connectivity index (χ2n) is 3.85. The molecule has 0 saturated heterocycles. The van der Waals surface area contributed by atoms with Crippen molar-refractivity contribution in [1.29, 1.82) is 0 Å². The van der Waals surface area contributed by atoms with E-state index in [1.54, 1.807) is 30.2 Å². The summed E-state index contributed by atoms with van der Waals surface area (Å²) in [5.74, 6) is 1.83. The second kappa shape index (κ2) is 4.66. The molecular weight excluding hydrogens is 266 g/mol. The van der Waals surface area contributed by atoms with Crippen LogP contribution in [0, 0.1) is 0 Å². The maximum atomic E-state index is 10.5. The maximum Gasteiger partial charge on any atom is 0.212 e. The lowest BCUT2D eigenvalue weighted by Gasteiger charge is -2.17. The molecule has 0 bridgehead atoms. The molecule has 0 fully saturated rings. The normalized spacial score (nSPS) is 12.5. The summed E-state index contributed by atoms with van der Waals surface area (Å²) in [7, 11) is 1.69. The minimum atomic E-state index is 0.719. The van der Waals surface area contributed by atoms with Crippen LogP contribution in [0.15, 0.2) is 29.2 Å². The standard InChI is InChI=1S/C13H11NO2S2/c1-16-10-4-2-3-9-12-8(6-17-13(9)10)5-11(18-12)14-7-15/h2-5,7H,6H2,1H3,(H,14,15). The molecule has 1 N–H and O–H groups in total. The highest BCUT2D eigenvalue weighted by molar-refractivity contribution is 7.98. The quantitative estimate of drug-likeness (QED) is 0.871. The number of amides is 1. The number of ether oxygens (including phenoxy) is 1. The van der Waals surface area contributed by atoms with Crippen molar-refractivity contribution in [3.05, 3.63) is 29.8 Å². The number of benzene rings is 1. The molecule has 0 saturated carbocycles. The van der Waals surface area contributed by atoms with E-state index in [1.165, 1.54) is 20.9 Å². The minimum absolute atomic E-state index is 0.719. The number of rotatable bonds is 3. The summed E-state index contributed by atoms with van der Waals surface area (Å²) in [6.07, 6.45) is 0.719. The number of carbonyl (C=O) groups is 1. The van der Waals surface area contributed by atoms with Gasteiger partial charge in [0, 0.05) is 16.2 Å². The zero-order chi connectivity index (χ0) is 12.5. The molecule has 0 radical (unpaired) electrons. The first-order valence-electron chi connectivity index (χ1n) is 5.46. The number of fused-ring (bicyclic) bond motifs is 3. The lowest BCUT2D eigenvalue weighted by atomic mass is 10.1. The molecule has 5 heteroatoms. The molecule has 18 heavy (non-hydrogen) atoms. The molecule has 1 aromatic heterocycles. The number of hydrogen-bond donors (Lipinski definition) is 1. The fourth-order valence-electron chi connectivity index (χ4n) is 2.05. The van der Waals surface area contributed by atoms with Gasteiger partial charge in [0.15, 0.2) is 0 Å². The lowest BCUT2D eigenvalue weighted by molar-refractivity contribution is -0.105. The largest absolute Gasteiger partial charge is 0.496 e. The van der Waals surface area contributed by atoms with Crippen LogP contribution in [0.2, 0.25) is 0 Å². The lowest BCUT2D eigenvalue weighted by Crippen LogP contribution is -1.95. The summed E-state index contributed by atoms with van der Waals surface area (Å²) < 4.78 is 5.39. The van der Waals surface area contributed by atoms with Gasteiger partial charge < -0.3 is 10.1 Å². The Labute approximate surface area is 113 Å². The Bertz CT molecular complexity index is 607. The molecule has 1 amide bonds. The van der Waals surface area contributed by atoms with Gasteiger partial charge in [-0.15, -0.1) is 23.1 Å². The zero-order valence-corrected chi connectivity index (χ0v) is 11.4. The first-order chi connectivity index (χ1) is 8.83. The van der Waals surface area contributed by atoms with Crippen LogP contribution in [0.5, 0.6) is 5.75 Å². The number of carbonyl (C=O) groups excluding carboxylic acids is 1. The Balaban J connectivity index is 2.13. The summed E-state index contributed by atoms with van der Waals surface area (Å²) >= 11 is 3.39. The van der Waals surface area contributed by atoms with Gasteiger partial charge >= 0.3 is 0 Å². The van der Waals surface area contributed by atoms with E-state index in [1.807, 2.05) is 18.2 Å². The fraction of sp³-hybridized carbons (Fsp3) is 0.154. The van der Waals surface area contributed by atoms with E-state index in [2.05, 4.69) is 11.4 Å². The molecule has 3 nitrogen and oxygen atoms in total.